The van der Waals surface area contributed by atoms with Gasteiger partial charge in [0.05, 0.1) is 0 Å². The predicted octanol–water partition coefficient (Wildman–Crippen LogP) is 2.10. The van der Waals surface area contributed by atoms with Gasteiger partial charge in [0.15, 0.2) is 0 Å². The molecule has 1 rings (SSSR count). The van der Waals surface area contributed by atoms with Crippen LogP contribution in [0.25, 0.3) is 0 Å². The highest BCUT2D eigenvalue weighted by molar-refractivity contribution is 5.14. The molecule has 0 radical (unpaired) electrons. The molecule has 0 aliphatic carbocycles. The van der Waals surface area contributed by atoms with Crippen molar-refractivity contribution in [3.8, 4) is 0 Å². The van der Waals surface area contributed by atoms with Crippen LogP contribution in [0.5, 0.6) is 0 Å². The van der Waals surface area contributed by atoms with Gasteiger partial charge >= 0.3 is 0 Å². The summed E-state index contributed by atoms with van der Waals surface area (Å²) in [4.78, 5) is 4.55. The highest BCUT2D eigenvalue weighted by Crippen LogP contribution is 2.16. The molecule has 1 heterocycles. The molecule has 0 aromatic carbocycles. The molecule has 1 atom stereocenters. The van der Waals surface area contributed by atoms with E-state index in [4.69, 9.17) is 5.73 Å². The lowest BCUT2D eigenvalue weighted by Gasteiger charge is -2.08. The lowest BCUT2D eigenvalue weighted by atomic mass is 10.0. The maximum Gasteiger partial charge on any atom is 0.0434 e. The molecule has 0 aliphatic rings. The van der Waals surface area contributed by atoms with Crippen molar-refractivity contribution < 1.29 is 0 Å². The van der Waals surface area contributed by atoms with Crippen molar-refractivity contribution in [2.45, 2.75) is 32.6 Å². The van der Waals surface area contributed by atoms with E-state index in [1.54, 1.807) is 0 Å². The Morgan fingerprint density at radius 1 is 1.46 bits per heavy atom. The van der Waals surface area contributed by atoms with Crippen molar-refractivity contribution in [2.75, 3.05) is 6.54 Å². The zero-order chi connectivity index (χ0) is 9.68. The Morgan fingerprint density at radius 2 is 2.23 bits per heavy atom. The van der Waals surface area contributed by atoms with Crippen LogP contribution in [0, 0.1) is 0 Å². The Hall–Kier alpha value is -0.890. The van der Waals surface area contributed by atoms with E-state index < -0.39 is 0 Å². The molecule has 2 nitrogen and oxygen atoms in total. The van der Waals surface area contributed by atoms with Crippen LogP contribution in [0.2, 0.25) is 0 Å². The van der Waals surface area contributed by atoms with E-state index in [2.05, 4.69) is 31.0 Å². The third kappa shape index (κ3) is 2.81. The van der Waals surface area contributed by atoms with Crippen LogP contribution >= 0.6 is 0 Å². The molecule has 2 heteroatoms. The molecular weight excluding hydrogens is 160 g/mol. The SMILES string of the molecule is CCC(C)c1cccc(CCN)n1. The first-order valence-electron chi connectivity index (χ1n) is 4.93. The van der Waals surface area contributed by atoms with Gasteiger partial charge in [0.25, 0.3) is 0 Å². The van der Waals surface area contributed by atoms with Gasteiger partial charge in [0.1, 0.15) is 0 Å². The fourth-order valence-corrected chi connectivity index (χ4v) is 1.27. The van der Waals surface area contributed by atoms with Crippen molar-refractivity contribution in [1.29, 1.82) is 0 Å². The van der Waals surface area contributed by atoms with Gasteiger partial charge in [-0.15, -0.1) is 0 Å². The Morgan fingerprint density at radius 3 is 2.85 bits per heavy atom. The molecule has 1 aromatic heterocycles. The van der Waals surface area contributed by atoms with Gasteiger partial charge in [-0.25, -0.2) is 0 Å². The normalized spacial score (nSPS) is 12.8. The summed E-state index contributed by atoms with van der Waals surface area (Å²) in [5.74, 6) is 0.553. The molecule has 0 fully saturated rings. The molecule has 0 spiro atoms. The fraction of sp³-hybridized carbons (Fsp3) is 0.545. The maximum atomic E-state index is 5.48. The van der Waals surface area contributed by atoms with Crippen molar-refractivity contribution >= 4 is 0 Å². The molecule has 0 bridgehead atoms. The topological polar surface area (TPSA) is 38.9 Å². The smallest absolute Gasteiger partial charge is 0.0434 e. The minimum Gasteiger partial charge on any atom is -0.330 e. The number of pyridine rings is 1. The summed E-state index contributed by atoms with van der Waals surface area (Å²) < 4.78 is 0. The first-order valence-corrected chi connectivity index (χ1v) is 4.93. The van der Waals surface area contributed by atoms with Gasteiger partial charge < -0.3 is 5.73 Å². The molecule has 0 saturated carbocycles. The molecule has 0 amide bonds. The lowest BCUT2D eigenvalue weighted by molar-refractivity contribution is 0.700. The van der Waals surface area contributed by atoms with Crippen LogP contribution in [0.3, 0.4) is 0 Å². The van der Waals surface area contributed by atoms with E-state index in [-0.39, 0.29) is 0 Å². The summed E-state index contributed by atoms with van der Waals surface area (Å²) >= 11 is 0. The molecule has 13 heavy (non-hydrogen) atoms. The molecule has 1 unspecified atom stereocenters. The Balaban J connectivity index is 2.78. The van der Waals surface area contributed by atoms with Crippen LogP contribution < -0.4 is 5.73 Å². The number of hydrogen-bond acceptors (Lipinski definition) is 2. The van der Waals surface area contributed by atoms with Crippen LogP contribution in [0.4, 0.5) is 0 Å². The van der Waals surface area contributed by atoms with E-state index in [9.17, 15) is 0 Å². The van der Waals surface area contributed by atoms with Gasteiger partial charge in [-0.3, -0.25) is 4.98 Å². The summed E-state index contributed by atoms with van der Waals surface area (Å²) in [6.45, 7) is 5.06. The molecule has 0 saturated heterocycles. The van der Waals surface area contributed by atoms with Gasteiger partial charge in [0, 0.05) is 17.8 Å². The fourth-order valence-electron chi connectivity index (χ4n) is 1.27. The van der Waals surface area contributed by atoms with Crippen LogP contribution in [-0.4, -0.2) is 11.5 Å². The number of hydrogen-bond donors (Lipinski definition) is 1. The Labute approximate surface area is 80.2 Å². The van der Waals surface area contributed by atoms with Gasteiger partial charge in [0.2, 0.25) is 0 Å². The first kappa shape index (κ1) is 10.2. The Kier molecular flexibility index (Phi) is 3.90. The summed E-state index contributed by atoms with van der Waals surface area (Å²) in [5.41, 5.74) is 7.78. The predicted molar refractivity (Wildman–Crippen MR) is 55.7 cm³/mol. The van der Waals surface area contributed by atoms with Gasteiger partial charge in [-0.1, -0.05) is 19.9 Å². The van der Waals surface area contributed by atoms with E-state index >= 15 is 0 Å². The average molecular weight is 178 g/mol. The summed E-state index contributed by atoms with van der Waals surface area (Å²) in [7, 11) is 0. The van der Waals surface area contributed by atoms with Crippen molar-refractivity contribution in [1.82, 2.24) is 4.98 Å². The van der Waals surface area contributed by atoms with Crippen LogP contribution in [0.1, 0.15) is 37.6 Å². The monoisotopic (exact) mass is 178 g/mol. The molecule has 2 N–H and O–H groups in total. The molecular formula is C11H18N2. The number of rotatable bonds is 4. The quantitative estimate of drug-likeness (QED) is 0.766. The zero-order valence-electron chi connectivity index (χ0n) is 8.46. The highest BCUT2D eigenvalue weighted by Gasteiger charge is 2.04. The Bertz CT molecular complexity index is 258. The lowest BCUT2D eigenvalue weighted by Crippen LogP contribution is -2.06. The van der Waals surface area contributed by atoms with E-state index in [1.165, 1.54) is 5.69 Å². The van der Waals surface area contributed by atoms with E-state index in [0.29, 0.717) is 12.5 Å². The largest absolute Gasteiger partial charge is 0.330 e. The molecule has 0 aliphatic heterocycles. The highest BCUT2D eigenvalue weighted by atomic mass is 14.7. The number of nitrogens with two attached hydrogens (primary N) is 1. The molecule has 1 aromatic rings. The second-order valence-electron chi connectivity index (χ2n) is 3.40. The minimum absolute atomic E-state index is 0.553. The summed E-state index contributed by atoms with van der Waals surface area (Å²) in [6, 6.07) is 6.20. The number of nitrogens with zero attached hydrogens (tertiary/aromatic N) is 1. The summed E-state index contributed by atoms with van der Waals surface area (Å²) in [6.07, 6.45) is 2.02. The van der Waals surface area contributed by atoms with E-state index in [1.807, 2.05) is 6.07 Å². The van der Waals surface area contributed by atoms with E-state index in [0.717, 1.165) is 18.5 Å². The maximum absolute atomic E-state index is 5.48. The summed E-state index contributed by atoms with van der Waals surface area (Å²) in [5, 5.41) is 0. The second-order valence-corrected chi connectivity index (χ2v) is 3.40. The zero-order valence-corrected chi connectivity index (χ0v) is 8.46. The first-order chi connectivity index (χ1) is 6.27. The van der Waals surface area contributed by atoms with Crippen LogP contribution in [-0.2, 0) is 6.42 Å². The van der Waals surface area contributed by atoms with Gasteiger partial charge in [-0.05, 0) is 31.0 Å². The van der Waals surface area contributed by atoms with Crippen molar-refractivity contribution in [2.24, 2.45) is 5.73 Å². The molecule has 72 valence electrons. The average Bonchev–Trinajstić information content (AvgIpc) is 2.18. The van der Waals surface area contributed by atoms with Gasteiger partial charge in [-0.2, -0.15) is 0 Å². The van der Waals surface area contributed by atoms with Crippen LogP contribution in [0.15, 0.2) is 18.2 Å². The second kappa shape index (κ2) is 4.97. The minimum atomic E-state index is 0.553. The third-order valence-corrected chi connectivity index (χ3v) is 2.35. The standard InChI is InChI=1S/C11H18N2/c1-3-9(2)11-6-4-5-10(13-11)7-8-12/h4-6,9H,3,7-8,12H2,1-2H3. The third-order valence-electron chi connectivity index (χ3n) is 2.35. The number of aromatic nitrogens is 1. The van der Waals surface area contributed by atoms with Crippen molar-refractivity contribution in [3.05, 3.63) is 29.6 Å². The van der Waals surface area contributed by atoms with Crippen molar-refractivity contribution in [3.63, 3.8) is 0 Å².